The third-order valence-corrected chi connectivity index (χ3v) is 3.74. The maximum atomic E-state index is 12.2. The lowest BCUT2D eigenvalue weighted by atomic mass is 9.90. The highest BCUT2D eigenvalue weighted by molar-refractivity contribution is 5.79. The molecule has 110 valence electrons. The van der Waals surface area contributed by atoms with E-state index in [0.29, 0.717) is 26.2 Å². The lowest BCUT2D eigenvalue weighted by molar-refractivity contribution is -0.123. The van der Waals surface area contributed by atoms with Gasteiger partial charge in [0.1, 0.15) is 5.75 Å². The van der Waals surface area contributed by atoms with Gasteiger partial charge in [-0.2, -0.15) is 0 Å². The minimum Gasteiger partial charge on any atom is -0.497 e. The Morgan fingerprint density at radius 3 is 2.85 bits per heavy atom. The zero-order valence-corrected chi connectivity index (χ0v) is 11.9. The number of hydrogen-bond acceptors (Lipinski definition) is 4. The van der Waals surface area contributed by atoms with Crippen molar-refractivity contribution in [2.24, 2.45) is 5.73 Å². The van der Waals surface area contributed by atoms with Crippen molar-refractivity contribution in [2.75, 3.05) is 26.9 Å². The Bertz CT molecular complexity index is 456. The monoisotopic (exact) mass is 278 g/mol. The summed E-state index contributed by atoms with van der Waals surface area (Å²) in [6.07, 6.45) is 1.88. The molecule has 0 bridgehead atoms. The van der Waals surface area contributed by atoms with E-state index in [2.05, 4.69) is 5.32 Å². The van der Waals surface area contributed by atoms with Gasteiger partial charge in [0.05, 0.1) is 19.1 Å². The molecule has 0 aromatic heterocycles. The summed E-state index contributed by atoms with van der Waals surface area (Å²) in [4.78, 5) is 12.2. The van der Waals surface area contributed by atoms with Crippen molar-refractivity contribution in [3.8, 4) is 5.75 Å². The number of nitrogens with two attached hydrogens (primary N) is 1. The summed E-state index contributed by atoms with van der Waals surface area (Å²) in [6.45, 7) is 1.74. The molecule has 0 saturated carbocycles. The Morgan fingerprint density at radius 1 is 1.45 bits per heavy atom. The van der Waals surface area contributed by atoms with Crippen LogP contribution in [0.3, 0.4) is 0 Å². The molecule has 5 nitrogen and oxygen atoms in total. The number of benzene rings is 1. The molecule has 0 aliphatic carbocycles. The smallest absolute Gasteiger partial charge is 0.224 e. The fourth-order valence-electron chi connectivity index (χ4n) is 2.45. The van der Waals surface area contributed by atoms with Gasteiger partial charge in [-0.15, -0.1) is 0 Å². The summed E-state index contributed by atoms with van der Waals surface area (Å²) >= 11 is 0. The molecule has 1 heterocycles. The Balaban J connectivity index is 1.97. The number of nitrogens with one attached hydrogen (secondary N) is 1. The van der Waals surface area contributed by atoms with Gasteiger partial charge in [-0.3, -0.25) is 4.79 Å². The minimum absolute atomic E-state index is 0.00870. The number of carbonyl (C=O) groups is 1. The van der Waals surface area contributed by atoms with Crippen molar-refractivity contribution in [2.45, 2.75) is 24.8 Å². The van der Waals surface area contributed by atoms with Crippen LogP contribution in [0, 0.1) is 0 Å². The highest BCUT2D eigenvalue weighted by atomic mass is 16.5. The second-order valence-corrected chi connectivity index (χ2v) is 5.17. The van der Waals surface area contributed by atoms with E-state index in [4.69, 9.17) is 15.2 Å². The van der Waals surface area contributed by atoms with Crippen LogP contribution in [-0.4, -0.2) is 38.3 Å². The fraction of sp³-hybridized carbons (Fsp3) is 0.533. The van der Waals surface area contributed by atoms with Gasteiger partial charge in [0.25, 0.3) is 0 Å². The van der Waals surface area contributed by atoms with Gasteiger partial charge in [-0.1, -0.05) is 12.1 Å². The van der Waals surface area contributed by atoms with E-state index in [1.807, 2.05) is 24.3 Å². The summed E-state index contributed by atoms with van der Waals surface area (Å²) in [5, 5.41) is 3.08. The Hall–Kier alpha value is -1.59. The number of amides is 1. The molecule has 1 amide bonds. The third-order valence-electron chi connectivity index (χ3n) is 3.74. The van der Waals surface area contributed by atoms with Crippen molar-refractivity contribution in [3.05, 3.63) is 29.8 Å². The Kier molecular flexibility index (Phi) is 4.98. The first kappa shape index (κ1) is 14.8. The van der Waals surface area contributed by atoms with Gasteiger partial charge in [-0.25, -0.2) is 0 Å². The zero-order chi connectivity index (χ0) is 14.4. The molecule has 1 aliphatic heterocycles. The largest absolute Gasteiger partial charge is 0.497 e. The maximum Gasteiger partial charge on any atom is 0.224 e. The SMILES string of the molecule is COc1cccc(CC(=O)NC2(CN)CCOCC2)c1. The highest BCUT2D eigenvalue weighted by Crippen LogP contribution is 2.20. The predicted octanol–water partition coefficient (Wildman–Crippen LogP) is 0.862. The lowest BCUT2D eigenvalue weighted by Gasteiger charge is -2.37. The van der Waals surface area contributed by atoms with Crippen molar-refractivity contribution >= 4 is 5.91 Å². The predicted molar refractivity (Wildman–Crippen MR) is 76.7 cm³/mol. The van der Waals surface area contributed by atoms with Gasteiger partial charge in [0, 0.05) is 19.8 Å². The van der Waals surface area contributed by atoms with Gasteiger partial charge in [0.15, 0.2) is 0 Å². The average Bonchev–Trinajstić information content (AvgIpc) is 2.48. The fourth-order valence-corrected chi connectivity index (χ4v) is 2.45. The Morgan fingerprint density at radius 2 is 2.20 bits per heavy atom. The topological polar surface area (TPSA) is 73.6 Å². The summed E-state index contributed by atoms with van der Waals surface area (Å²) in [6, 6.07) is 7.54. The minimum atomic E-state index is -0.311. The van der Waals surface area contributed by atoms with Crippen molar-refractivity contribution in [1.29, 1.82) is 0 Å². The lowest BCUT2D eigenvalue weighted by Crippen LogP contribution is -2.57. The van der Waals surface area contributed by atoms with Crippen LogP contribution in [0.2, 0.25) is 0 Å². The van der Waals surface area contributed by atoms with Crippen molar-refractivity contribution < 1.29 is 14.3 Å². The van der Waals surface area contributed by atoms with Crippen LogP contribution in [0.1, 0.15) is 18.4 Å². The first-order valence-electron chi connectivity index (χ1n) is 6.89. The molecule has 1 fully saturated rings. The van der Waals surface area contributed by atoms with Crippen LogP contribution in [0.5, 0.6) is 5.75 Å². The van der Waals surface area contributed by atoms with Crippen LogP contribution in [0.4, 0.5) is 0 Å². The van der Waals surface area contributed by atoms with Gasteiger partial charge < -0.3 is 20.5 Å². The van der Waals surface area contributed by atoms with Crippen molar-refractivity contribution in [1.82, 2.24) is 5.32 Å². The van der Waals surface area contributed by atoms with Crippen LogP contribution in [-0.2, 0) is 16.0 Å². The molecule has 1 aromatic carbocycles. The van der Waals surface area contributed by atoms with Gasteiger partial charge >= 0.3 is 0 Å². The van der Waals surface area contributed by atoms with E-state index in [0.717, 1.165) is 24.2 Å². The number of methoxy groups -OCH3 is 1. The Labute approximate surface area is 119 Å². The normalized spacial score (nSPS) is 17.5. The van der Waals surface area contributed by atoms with Crippen LogP contribution < -0.4 is 15.8 Å². The van der Waals surface area contributed by atoms with Crippen LogP contribution in [0.15, 0.2) is 24.3 Å². The molecule has 0 unspecified atom stereocenters. The number of rotatable bonds is 5. The second-order valence-electron chi connectivity index (χ2n) is 5.17. The highest BCUT2D eigenvalue weighted by Gasteiger charge is 2.32. The summed E-state index contributed by atoms with van der Waals surface area (Å²) in [7, 11) is 1.62. The van der Waals surface area contributed by atoms with Gasteiger partial charge in [0.2, 0.25) is 5.91 Å². The first-order chi connectivity index (χ1) is 9.67. The number of carbonyl (C=O) groups excluding carboxylic acids is 1. The number of ether oxygens (including phenoxy) is 2. The van der Waals surface area contributed by atoms with Gasteiger partial charge in [-0.05, 0) is 30.5 Å². The molecular weight excluding hydrogens is 256 g/mol. The van der Waals surface area contributed by atoms with E-state index in [9.17, 15) is 4.79 Å². The van der Waals surface area contributed by atoms with Crippen LogP contribution >= 0.6 is 0 Å². The molecule has 0 radical (unpaired) electrons. The average molecular weight is 278 g/mol. The summed E-state index contributed by atoms with van der Waals surface area (Å²) < 4.78 is 10.5. The molecule has 1 saturated heterocycles. The van der Waals surface area contributed by atoms with E-state index in [1.165, 1.54) is 0 Å². The molecule has 5 heteroatoms. The van der Waals surface area contributed by atoms with E-state index in [-0.39, 0.29) is 11.4 Å². The standard InChI is InChI=1S/C15H22N2O3/c1-19-13-4-2-3-12(9-13)10-14(18)17-15(11-16)5-7-20-8-6-15/h2-4,9H,5-8,10-11,16H2,1H3,(H,17,18). The second kappa shape index (κ2) is 6.72. The quantitative estimate of drug-likeness (QED) is 0.838. The molecule has 0 spiro atoms. The molecular formula is C15H22N2O3. The molecule has 2 rings (SSSR count). The summed E-state index contributed by atoms with van der Waals surface area (Å²) in [5.74, 6) is 0.750. The van der Waals surface area contributed by atoms with E-state index < -0.39 is 0 Å². The maximum absolute atomic E-state index is 12.2. The zero-order valence-electron chi connectivity index (χ0n) is 11.9. The molecule has 3 N–H and O–H groups in total. The molecule has 1 aromatic rings. The molecule has 1 aliphatic rings. The van der Waals surface area contributed by atoms with Crippen LogP contribution in [0.25, 0.3) is 0 Å². The summed E-state index contributed by atoms with van der Waals surface area (Å²) in [5.41, 5.74) is 6.46. The van der Waals surface area contributed by atoms with Crippen molar-refractivity contribution in [3.63, 3.8) is 0 Å². The van der Waals surface area contributed by atoms with E-state index in [1.54, 1.807) is 7.11 Å². The number of hydrogen-bond donors (Lipinski definition) is 2. The van der Waals surface area contributed by atoms with E-state index >= 15 is 0 Å². The molecule has 0 atom stereocenters. The molecule has 20 heavy (non-hydrogen) atoms. The third kappa shape index (κ3) is 3.71. The first-order valence-corrected chi connectivity index (χ1v) is 6.89.